The van der Waals surface area contributed by atoms with E-state index in [0.717, 1.165) is 6.07 Å². The summed E-state index contributed by atoms with van der Waals surface area (Å²) in [7, 11) is -1.68. The molecule has 106 valence electrons. The summed E-state index contributed by atoms with van der Waals surface area (Å²) in [5.74, 6) is -0.0305. The summed E-state index contributed by atoms with van der Waals surface area (Å²) in [5, 5.41) is 18.0. The second-order valence-electron chi connectivity index (χ2n) is 4.79. The molecule has 0 aliphatic carbocycles. The Kier molecular flexibility index (Phi) is 7.01. The van der Waals surface area contributed by atoms with E-state index in [0.29, 0.717) is 31.3 Å². The quantitative estimate of drug-likeness (QED) is 0.539. The van der Waals surface area contributed by atoms with Gasteiger partial charge in [0.1, 0.15) is 5.82 Å². The summed E-state index contributed by atoms with van der Waals surface area (Å²) in [5.41, 5.74) is 0.682. The van der Waals surface area contributed by atoms with Crippen LogP contribution in [0.1, 0.15) is 19.4 Å². The SMILES string of the molecule is CC(C)COCCOCc1cc(F)cc(B(O)O)c1. The minimum atomic E-state index is -1.68. The number of ether oxygens (including phenoxy) is 2. The fourth-order valence-corrected chi connectivity index (χ4v) is 1.53. The molecule has 0 aliphatic heterocycles. The Morgan fingerprint density at radius 3 is 2.47 bits per heavy atom. The second-order valence-corrected chi connectivity index (χ2v) is 4.79. The maximum absolute atomic E-state index is 13.2. The monoisotopic (exact) mass is 270 g/mol. The molecule has 0 saturated carbocycles. The van der Waals surface area contributed by atoms with Crippen LogP contribution in [0, 0.1) is 11.7 Å². The minimum Gasteiger partial charge on any atom is -0.423 e. The molecule has 1 aromatic carbocycles. The molecular weight excluding hydrogens is 250 g/mol. The molecule has 6 heteroatoms. The van der Waals surface area contributed by atoms with Crippen molar-refractivity contribution in [2.75, 3.05) is 19.8 Å². The molecule has 1 aromatic rings. The first kappa shape index (κ1) is 16.1. The maximum atomic E-state index is 13.2. The molecule has 0 saturated heterocycles. The van der Waals surface area contributed by atoms with Gasteiger partial charge in [0.15, 0.2) is 0 Å². The van der Waals surface area contributed by atoms with E-state index >= 15 is 0 Å². The first-order valence-corrected chi connectivity index (χ1v) is 6.30. The van der Waals surface area contributed by atoms with Crippen molar-refractivity contribution in [1.82, 2.24) is 0 Å². The van der Waals surface area contributed by atoms with Crippen molar-refractivity contribution < 1.29 is 23.9 Å². The molecule has 2 N–H and O–H groups in total. The van der Waals surface area contributed by atoms with E-state index in [9.17, 15) is 4.39 Å². The van der Waals surface area contributed by atoms with Gasteiger partial charge in [0.25, 0.3) is 0 Å². The molecular formula is C13H20BFO4. The summed E-state index contributed by atoms with van der Waals surface area (Å²) in [6, 6.07) is 3.89. The predicted octanol–water partition coefficient (Wildman–Crippen LogP) is 0.695. The van der Waals surface area contributed by atoms with Crippen LogP contribution in [0.4, 0.5) is 4.39 Å². The second kappa shape index (κ2) is 8.27. The summed E-state index contributed by atoms with van der Waals surface area (Å²) in [6.07, 6.45) is 0. The van der Waals surface area contributed by atoms with Crippen LogP contribution in [0.2, 0.25) is 0 Å². The molecule has 0 atom stereocenters. The number of benzene rings is 1. The van der Waals surface area contributed by atoms with Crippen LogP contribution in [0.3, 0.4) is 0 Å². The molecule has 0 radical (unpaired) electrons. The highest BCUT2D eigenvalue weighted by Crippen LogP contribution is 2.04. The van der Waals surface area contributed by atoms with Gasteiger partial charge in [-0.05, 0) is 29.1 Å². The third-order valence-corrected chi connectivity index (χ3v) is 2.37. The lowest BCUT2D eigenvalue weighted by Crippen LogP contribution is -2.30. The highest BCUT2D eigenvalue weighted by molar-refractivity contribution is 6.58. The van der Waals surface area contributed by atoms with Crippen LogP contribution < -0.4 is 5.46 Å². The van der Waals surface area contributed by atoms with Gasteiger partial charge in [0, 0.05) is 6.61 Å². The van der Waals surface area contributed by atoms with Crippen molar-refractivity contribution in [2.45, 2.75) is 20.5 Å². The van der Waals surface area contributed by atoms with E-state index in [2.05, 4.69) is 13.8 Å². The smallest absolute Gasteiger partial charge is 0.423 e. The van der Waals surface area contributed by atoms with Crippen LogP contribution in [-0.4, -0.2) is 37.0 Å². The normalized spacial score (nSPS) is 11.1. The number of hydrogen-bond acceptors (Lipinski definition) is 4. The van der Waals surface area contributed by atoms with Gasteiger partial charge >= 0.3 is 7.12 Å². The molecule has 0 bridgehead atoms. The van der Waals surface area contributed by atoms with Gasteiger partial charge in [-0.15, -0.1) is 0 Å². The van der Waals surface area contributed by atoms with E-state index in [1.807, 2.05) is 0 Å². The van der Waals surface area contributed by atoms with Gasteiger partial charge in [-0.25, -0.2) is 4.39 Å². The van der Waals surface area contributed by atoms with Gasteiger partial charge in [0.2, 0.25) is 0 Å². The third-order valence-electron chi connectivity index (χ3n) is 2.37. The fraction of sp³-hybridized carbons (Fsp3) is 0.538. The number of hydrogen-bond donors (Lipinski definition) is 2. The molecule has 0 fully saturated rings. The fourth-order valence-electron chi connectivity index (χ4n) is 1.53. The van der Waals surface area contributed by atoms with Gasteiger partial charge in [-0.2, -0.15) is 0 Å². The Morgan fingerprint density at radius 1 is 1.16 bits per heavy atom. The molecule has 0 aliphatic rings. The standard InChI is InChI=1S/C13H20BFO4/c1-10(2)8-18-3-4-19-9-11-5-12(14(16)17)7-13(15)6-11/h5-7,10,16-17H,3-4,8-9H2,1-2H3. The summed E-state index contributed by atoms with van der Waals surface area (Å²) >= 11 is 0. The van der Waals surface area contributed by atoms with Crippen molar-refractivity contribution in [2.24, 2.45) is 5.92 Å². The van der Waals surface area contributed by atoms with Crippen LogP contribution >= 0.6 is 0 Å². The van der Waals surface area contributed by atoms with Gasteiger partial charge in [-0.3, -0.25) is 0 Å². The topological polar surface area (TPSA) is 58.9 Å². The van der Waals surface area contributed by atoms with Crippen LogP contribution in [0.25, 0.3) is 0 Å². The van der Waals surface area contributed by atoms with E-state index < -0.39 is 12.9 Å². The summed E-state index contributed by atoms with van der Waals surface area (Å²) in [4.78, 5) is 0. The highest BCUT2D eigenvalue weighted by atomic mass is 19.1. The van der Waals surface area contributed by atoms with Crippen molar-refractivity contribution in [3.05, 3.63) is 29.6 Å². The zero-order chi connectivity index (χ0) is 14.3. The predicted molar refractivity (Wildman–Crippen MR) is 71.5 cm³/mol. The minimum absolute atomic E-state index is 0.120. The zero-order valence-electron chi connectivity index (χ0n) is 11.3. The molecule has 19 heavy (non-hydrogen) atoms. The van der Waals surface area contributed by atoms with Crippen LogP contribution in [-0.2, 0) is 16.1 Å². The van der Waals surface area contributed by atoms with E-state index in [-0.39, 0.29) is 12.1 Å². The third kappa shape index (κ3) is 6.68. The molecule has 0 amide bonds. The Bertz CT molecular complexity index is 385. The number of rotatable bonds is 8. The van der Waals surface area contributed by atoms with Gasteiger partial charge in [-0.1, -0.05) is 19.9 Å². The molecule has 0 spiro atoms. The Morgan fingerprint density at radius 2 is 1.84 bits per heavy atom. The lowest BCUT2D eigenvalue weighted by Gasteiger charge is -2.09. The Balaban J connectivity index is 2.33. The van der Waals surface area contributed by atoms with Crippen LogP contribution in [0.15, 0.2) is 18.2 Å². The highest BCUT2D eigenvalue weighted by Gasteiger charge is 2.13. The summed E-state index contributed by atoms with van der Waals surface area (Å²) < 4.78 is 23.9. The molecule has 4 nitrogen and oxygen atoms in total. The van der Waals surface area contributed by atoms with Crippen molar-refractivity contribution >= 4 is 12.6 Å². The van der Waals surface area contributed by atoms with Gasteiger partial charge in [0.05, 0.1) is 19.8 Å². The summed E-state index contributed by atoms with van der Waals surface area (Å²) in [6.45, 7) is 5.93. The molecule has 0 aromatic heterocycles. The molecule has 0 unspecified atom stereocenters. The lowest BCUT2D eigenvalue weighted by atomic mass is 9.79. The lowest BCUT2D eigenvalue weighted by molar-refractivity contribution is 0.0314. The Hall–Kier alpha value is -0.945. The maximum Gasteiger partial charge on any atom is 0.488 e. The average Bonchev–Trinajstić information content (AvgIpc) is 2.32. The first-order chi connectivity index (χ1) is 8.99. The Labute approximate surface area is 113 Å². The van der Waals surface area contributed by atoms with Crippen molar-refractivity contribution in [3.8, 4) is 0 Å². The van der Waals surface area contributed by atoms with E-state index in [4.69, 9.17) is 19.5 Å². The van der Waals surface area contributed by atoms with Crippen molar-refractivity contribution in [3.63, 3.8) is 0 Å². The van der Waals surface area contributed by atoms with E-state index in [1.54, 1.807) is 0 Å². The first-order valence-electron chi connectivity index (χ1n) is 6.30. The zero-order valence-corrected chi connectivity index (χ0v) is 11.3. The average molecular weight is 270 g/mol. The largest absolute Gasteiger partial charge is 0.488 e. The molecule has 1 rings (SSSR count). The molecule has 0 heterocycles. The van der Waals surface area contributed by atoms with Gasteiger partial charge < -0.3 is 19.5 Å². The van der Waals surface area contributed by atoms with Crippen LogP contribution in [0.5, 0.6) is 0 Å². The van der Waals surface area contributed by atoms with Crippen molar-refractivity contribution in [1.29, 1.82) is 0 Å². The van der Waals surface area contributed by atoms with E-state index in [1.165, 1.54) is 12.1 Å². The number of halogens is 1.